The highest BCUT2D eigenvalue weighted by atomic mass is 16.5. The lowest BCUT2D eigenvalue weighted by Crippen LogP contribution is -2.43. The molecule has 0 saturated carbocycles. The summed E-state index contributed by atoms with van der Waals surface area (Å²) in [5.41, 5.74) is 3.17. The number of furan rings is 1. The molecule has 1 saturated heterocycles. The maximum atomic E-state index is 12.9. The third-order valence-corrected chi connectivity index (χ3v) is 4.88. The summed E-state index contributed by atoms with van der Waals surface area (Å²) in [5.74, 6) is 0.765. The molecule has 0 unspecified atom stereocenters. The Kier molecular flexibility index (Phi) is 4.86. The van der Waals surface area contributed by atoms with Gasteiger partial charge in [-0.3, -0.25) is 9.69 Å². The van der Waals surface area contributed by atoms with Crippen LogP contribution in [0.15, 0.2) is 52.2 Å². The third-order valence-electron chi connectivity index (χ3n) is 4.88. The molecule has 1 fully saturated rings. The molecule has 2 aromatic rings. The van der Waals surface area contributed by atoms with Gasteiger partial charge < -0.3 is 9.15 Å². The SMILES string of the molecule is Cc1ccc(C2=NN(C(=O)CN3CCOCC3)[C@H](c3ccco3)C2)cc1. The summed E-state index contributed by atoms with van der Waals surface area (Å²) in [6, 6.07) is 11.8. The highest BCUT2D eigenvalue weighted by molar-refractivity contribution is 6.03. The zero-order chi connectivity index (χ0) is 17.9. The van der Waals surface area contributed by atoms with Gasteiger partial charge in [-0.25, -0.2) is 5.01 Å². The number of hydrogen-bond acceptors (Lipinski definition) is 5. The molecular weight excluding hydrogens is 330 g/mol. The number of ether oxygens (including phenoxy) is 1. The van der Waals surface area contributed by atoms with Crippen molar-refractivity contribution in [3.05, 3.63) is 59.5 Å². The van der Waals surface area contributed by atoms with Gasteiger partial charge in [0.15, 0.2) is 0 Å². The second kappa shape index (κ2) is 7.43. The number of benzene rings is 1. The fourth-order valence-electron chi connectivity index (χ4n) is 3.39. The molecule has 1 aromatic heterocycles. The van der Waals surface area contributed by atoms with Gasteiger partial charge in [0.25, 0.3) is 5.91 Å². The molecule has 6 heteroatoms. The summed E-state index contributed by atoms with van der Waals surface area (Å²) in [6.07, 6.45) is 2.30. The normalized spacial score (nSPS) is 21.0. The van der Waals surface area contributed by atoms with E-state index in [1.54, 1.807) is 11.3 Å². The summed E-state index contributed by atoms with van der Waals surface area (Å²) < 4.78 is 11.0. The Balaban J connectivity index is 1.56. The van der Waals surface area contributed by atoms with E-state index in [2.05, 4.69) is 41.2 Å². The molecule has 1 atom stereocenters. The number of hydrogen-bond donors (Lipinski definition) is 0. The number of morpholine rings is 1. The average Bonchev–Trinajstić information content (AvgIpc) is 3.33. The van der Waals surface area contributed by atoms with Crippen molar-refractivity contribution in [1.82, 2.24) is 9.91 Å². The maximum Gasteiger partial charge on any atom is 0.257 e. The zero-order valence-electron chi connectivity index (χ0n) is 14.9. The predicted octanol–water partition coefficient (Wildman–Crippen LogP) is 2.60. The Morgan fingerprint density at radius 3 is 2.65 bits per heavy atom. The van der Waals surface area contributed by atoms with E-state index in [0.717, 1.165) is 30.1 Å². The van der Waals surface area contributed by atoms with E-state index in [0.29, 0.717) is 26.2 Å². The van der Waals surface area contributed by atoms with Crippen LogP contribution in [0.1, 0.15) is 29.3 Å². The van der Waals surface area contributed by atoms with Crippen molar-refractivity contribution in [2.75, 3.05) is 32.8 Å². The van der Waals surface area contributed by atoms with E-state index in [1.807, 2.05) is 12.1 Å². The first-order valence-corrected chi connectivity index (χ1v) is 9.01. The minimum atomic E-state index is -0.185. The second-order valence-corrected chi connectivity index (χ2v) is 6.77. The number of hydrazone groups is 1. The minimum absolute atomic E-state index is 0.00425. The summed E-state index contributed by atoms with van der Waals surface area (Å²) in [4.78, 5) is 15.1. The molecule has 0 N–H and O–H groups in total. The lowest BCUT2D eigenvalue weighted by Gasteiger charge is -2.28. The molecule has 4 rings (SSSR count). The highest BCUT2D eigenvalue weighted by Gasteiger charge is 2.35. The number of aryl methyl sites for hydroxylation is 1. The lowest BCUT2D eigenvalue weighted by molar-refractivity contribution is -0.135. The summed E-state index contributed by atoms with van der Waals surface area (Å²) in [5, 5.41) is 6.27. The highest BCUT2D eigenvalue weighted by Crippen LogP contribution is 2.33. The smallest absolute Gasteiger partial charge is 0.257 e. The first kappa shape index (κ1) is 17.0. The van der Waals surface area contributed by atoms with Gasteiger partial charge in [-0.2, -0.15) is 5.10 Å². The van der Waals surface area contributed by atoms with Crippen molar-refractivity contribution >= 4 is 11.6 Å². The van der Waals surface area contributed by atoms with Crippen molar-refractivity contribution in [3.8, 4) is 0 Å². The maximum absolute atomic E-state index is 12.9. The van der Waals surface area contributed by atoms with Crippen molar-refractivity contribution in [2.45, 2.75) is 19.4 Å². The Hall–Kier alpha value is -2.44. The van der Waals surface area contributed by atoms with Crippen LogP contribution in [0.2, 0.25) is 0 Å². The molecule has 0 spiro atoms. The van der Waals surface area contributed by atoms with Crippen molar-refractivity contribution in [1.29, 1.82) is 0 Å². The molecular formula is C20H23N3O3. The van der Waals surface area contributed by atoms with Crippen LogP contribution in [0.3, 0.4) is 0 Å². The number of rotatable bonds is 4. The monoisotopic (exact) mass is 353 g/mol. The van der Waals surface area contributed by atoms with Crippen molar-refractivity contribution < 1.29 is 13.9 Å². The van der Waals surface area contributed by atoms with Crippen LogP contribution >= 0.6 is 0 Å². The van der Waals surface area contributed by atoms with E-state index in [9.17, 15) is 4.79 Å². The molecule has 1 aromatic carbocycles. The Morgan fingerprint density at radius 1 is 1.19 bits per heavy atom. The molecule has 136 valence electrons. The fourth-order valence-corrected chi connectivity index (χ4v) is 3.39. The zero-order valence-corrected chi connectivity index (χ0v) is 14.9. The third kappa shape index (κ3) is 3.57. The van der Waals surface area contributed by atoms with Crippen LogP contribution in [0, 0.1) is 6.92 Å². The van der Waals surface area contributed by atoms with E-state index < -0.39 is 0 Å². The van der Waals surface area contributed by atoms with Crippen LogP contribution in [0.5, 0.6) is 0 Å². The number of nitrogens with zero attached hydrogens (tertiary/aromatic N) is 3. The van der Waals surface area contributed by atoms with Gasteiger partial charge in [-0.1, -0.05) is 29.8 Å². The summed E-state index contributed by atoms with van der Waals surface area (Å²) in [7, 11) is 0. The molecule has 2 aliphatic rings. The van der Waals surface area contributed by atoms with Crippen LogP contribution in [0.25, 0.3) is 0 Å². The first-order chi connectivity index (χ1) is 12.7. The van der Waals surface area contributed by atoms with E-state index in [4.69, 9.17) is 9.15 Å². The molecule has 2 aliphatic heterocycles. The van der Waals surface area contributed by atoms with E-state index >= 15 is 0 Å². The van der Waals surface area contributed by atoms with Crippen molar-refractivity contribution in [3.63, 3.8) is 0 Å². The standard InChI is InChI=1S/C20H23N3O3/c1-15-4-6-16(7-5-15)17-13-18(19-3-2-10-26-19)23(21-17)20(24)14-22-8-11-25-12-9-22/h2-7,10,18H,8-9,11-14H2,1H3/t18-/m0/s1. The van der Waals surface area contributed by atoms with E-state index in [1.165, 1.54) is 5.56 Å². The van der Waals surface area contributed by atoms with Crippen molar-refractivity contribution in [2.24, 2.45) is 5.10 Å². The van der Waals surface area contributed by atoms with Crippen LogP contribution < -0.4 is 0 Å². The van der Waals surface area contributed by atoms with Crippen LogP contribution in [-0.4, -0.2) is 54.4 Å². The van der Waals surface area contributed by atoms with Gasteiger partial charge in [-0.15, -0.1) is 0 Å². The van der Waals surface area contributed by atoms with Gasteiger partial charge in [-0.05, 0) is 24.6 Å². The molecule has 0 radical (unpaired) electrons. The molecule has 26 heavy (non-hydrogen) atoms. The van der Waals surface area contributed by atoms with Gasteiger partial charge >= 0.3 is 0 Å². The largest absolute Gasteiger partial charge is 0.467 e. The Bertz CT molecular complexity index is 777. The van der Waals surface area contributed by atoms with Crippen LogP contribution in [0.4, 0.5) is 0 Å². The van der Waals surface area contributed by atoms with Crippen LogP contribution in [-0.2, 0) is 9.53 Å². The van der Waals surface area contributed by atoms with Gasteiger partial charge in [0.2, 0.25) is 0 Å². The summed E-state index contributed by atoms with van der Waals surface area (Å²) in [6.45, 7) is 5.31. The van der Waals surface area contributed by atoms with Gasteiger partial charge in [0, 0.05) is 19.5 Å². The molecule has 3 heterocycles. The number of carbonyl (C=O) groups is 1. The Labute approximate surface area is 153 Å². The molecule has 0 bridgehead atoms. The summed E-state index contributed by atoms with van der Waals surface area (Å²) >= 11 is 0. The van der Waals surface area contributed by atoms with Gasteiger partial charge in [0.1, 0.15) is 11.8 Å². The second-order valence-electron chi connectivity index (χ2n) is 6.77. The van der Waals surface area contributed by atoms with Gasteiger partial charge in [0.05, 0.1) is 31.7 Å². The lowest BCUT2D eigenvalue weighted by atomic mass is 10.0. The fraction of sp³-hybridized carbons (Fsp3) is 0.400. The predicted molar refractivity (Wildman–Crippen MR) is 97.9 cm³/mol. The molecule has 6 nitrogen and oxygen atoms in total. The molecule has 0 aliphatic carbocycles. The Morgan fingerprint density at radius 2 is 1.96 bits per heavy atom. The number of carbonyl (C=O) groups excluding carboxylic acids is 1. The average molecular weight is 353 g/mol. The number of amides is 1. The first-order valence-electron chi connectivity index (χ1n) is 9.01. The van der Waals surface area contributed by atoms with E-state index in [-0.39, 0.29) is 11.9 Å². The quantitative estimate of drug-likeness (QED) is 0.848. The topological polar surface area (TPSA) is 58.3 Å². The minimum Gasteiger partial charge on any atom is -0.467 e. The molecule has 1 amide bonds.